The van der Waals surface area contributed by atoms with E-state index >= 15 is 0 Å². The van der Waals surface area contributed by atoms with Gasteiger partial charge in [0.25, 0.3) is 0 Å². The first kappa shape index (κ1) is 13.9. The zero-order valence-electron chi connectivity index (χ0n) is 12.5. The van der Waals surface area contributed by atoms with E-state index in [1.807, 2.05) is 29.2 Å². The molecule has 1 saturated carbocycles. The number of benzene rings is 2. The Morgan fingerprint density at radius 3 is 2.67 bits per heavy atom. The monoisotopic (exact) mass is 282 g/mol. The standard InChI is InChI=1S/C18H22N2O/c1-2-11-20(13-14-7-8-14)18(21)19-17-10-9-15-5-3-4-6-16(15)12-17/h3-6,9-10,12,14H,2,7-8,11,13H2,1H3,(H,19,21). The minimum Gasteiger partial charge on any atom is -0.324 e. The molecule has 2 aromatic carbocycles. The second-order valence-corrected chi connectivity index (χ2v) is 5.88. The van der Waals surface area contributed by atoms with Gasteiger partial charge in [0.05, 0.1) is 0 Å². The molecule has 1 N–H and O–H groups in total. The molecule has 0 bridgehead atoms. The predicted octanol–water partition coefficient (Wildman–Crippen LogP) is 4.49. The van der Waals surface area contributed by atoms with E-state index in [2.05, 4.69) is 30.4 Å². The molecule has 0 saturated heterocycles. The molecular weight excluding hydrogens is 260 g/mol. The van der Waals surface area contributed by atoms with Gasteiger partial charge < -0.3 is 10.2 Å². The molecule has 21 heavy (non-hydrogen) atoms. The first-order valence-electron chi connectivity index (χ1n) is 7.81. The number of hydrogen-bond donors (Lipinski definition) is 1. The number of nitrogens with one attached hydrogen (secondary N) is 1. The highest BCUT2D eigenvalue weighted by molar-refractivity contribution is 5.93. The molecule has 0 heterocycles. The van der Waals surface area contributed by atoms with Gasteiger partial charge in [-0.05, 0) is 48.1 Å². The molecule has 0 aliphatic heterocycles. The summed E-state index contributed by atoms with van der Waals surface area (Å²) in [6.45, 7) is 3.84. The van der Waals surface area contributed by atoms with Gasteiger partial charge in [-0.1, -0.05) is 37.3 Å². The van der Waals surface area contributed by atoms with Crippen LogP contribution in [-0.4, -0.2) is 24.0 Å². The highest BCUT2D eigenvalue weighted by Crippen LogP contribution is 2.30. The van der Waals surface area contributed by atoms with Crippen LogP contribution in [0.3, 0.4) is 0 Å². The van der Waals surface area contributed by atoms with Crippen molar-refractivity contribution in [1.29, 1.82) is 0 Å². The highest BCUT2D eigenvalue weighted by Gasteiger charge is 2.26. The van der Waals surface area contributed by atoms with E-state index in [9.17, 15) is 4.79 Å². The van der Waals surface area contributed by atoms with E-state index in [1.54, 1.807) is 0 Å². The Morgan fingerprint density at radius 1 is 1.19 bits per heavy atom. The van der Waals surface area contributed by atoms with Gasteiger partial charge in [0, 0.05) is 18.8 Å². The summed E-state index contributed by atoms with van der Waals surface area (Å²) in [5.74, 6) is 0.721. The van der Waals surface area contributed by atoms with Crippen LogP contribution in [0.1, 0.15) is 26.2 Å². The molecule has 0 aromatic heterocycles. The number of anilines is 1. The Hall–Kier alpha value is -2.03. The third-order valence-electron chi connectivity index (χ3n) is 3.96. The second-order valence-electron chi connectivity index (χ2n) is 5.88. The summed E-state index contributed by atoms with van der Waals surface area (Å²) in [7, 11) is 0. The number of amides is 2. The van der Waals surface area contributed by atoms with Crippen LogP contribution in [0, 0.1) is 5.92 Å². The molecule has 1 fully saturated rings. The van der Waals surface area contributed by atoms with E-state index in [0.29, 0.717) is 0 Å². The minimum absolute atomic E-state index is 0.0269. The molecule has 2 amide bonds. The van der Waals surface area contributed by atoms with Crippen LogP contribution in [-0.2, 0) is 0 Å². The number of rotatable bonds is 5. The molecular formula is C18H22N2O. The van der Waals surface area contributed by atoms with E-state index < -0.39 is 0 Å². The zero-order chi connectivity index (χ0) is 14.7. The van der Waals surface area contributed by atoms with Gasteiger partial charge in [-0.15, -0.1) is 0 Å². The van der Waals surface area contributed by atoms with Crippen LogP contribution in [0.5, 0.6) is 0 Å². The fourth-order valence-electron chi connectivity index (χ4n) is 2.63. The number of urea groups is 1. The molecule has 1 aliphatic carbocycles. The van der Waals surface area contributed by atoms with Crippen molar-refractivity contribution in [2.75, 3.05) is 18.4 Å². The van der Waals surface area contributed by atoms with Crippen molar-refractivity contribution in [1.82, 2.24) is 4.90 Å². The van der Waals surface area contributed by atoms with Crippen molar-refractivity contribution >= 4 is 22.5 Å². The number of carbonyl (C=O) groups excluding carboxylic acids is 1. The summed E-state index contributed by atoms with van der Waals surface area (Å²) in [5, 5.41) is 5.38. The van der Waals surface area contributed by atoms with Crippen LogP contribution in [0.15, 0.2) is 42.5 Å². The van der Waals surface area contributed by atoms with Crippen LogP contribution in [0.2, 0.25) is 0 Å². The Balaban J connectivity index is 1.71. The molecule has 3 rings (SSSR count). The quantitative estimate of drug-likeness (QED) is 0.860. The number of fused-ring (bicyclic) bond motifs is 1. The molecule has 0 atom stereocenters. The largest absolute Gasteiger partial charge is 0.324 e. The van der Waals surface area contributed by atoms with E-state index in [0.717, 1.165) is 36.5 Å². The molecule has 110 valence electrons. The van der Waals surface area contributed by atoms with Gasteiger partial charge in [0.15, 0.2) is 0 Å². The van der Waals surface area contributed by atoms with Gasteiger partial charge in [0.2, 0.25) is 0 Å². The maximum absolute atomic E-state index is 12.4. The van der Waals surface area contributed by atoms with Gasteiger partial charge in [-0.3, -0.25) is 0 Å². The van der Waals surface area contributed by atoms with Crippen LogP contribution < -0.4 is 5.32 Å². The third kappa shape index (κ3) is 3.54. The molecule has 0 unspecified atom stereocenters. The lowest BCUT2D eigenvalue weighted by atomic mass is 10.1. The fourth-order valence-corrected chi connectivity index (χ4v) is 2.63. The summed E-state index contributed by atoms with van der Waals surface area (Å²) >= 11 is 0. The fraction of sp³-hybridized carbons (Fsp3) is 0.389. The molecule has 2 aromatic rings. The SMILES string of the molecule is CCCN(CC1CC1)C(=O)Nc1ccc2ccccc2c1. The molecule has 1 aliphatic rings. The van der Waals surface area contributed by atoms with E-state index in [4.69, 9.17) is 0 Å². The van der Waals surface area contributed by atoms with Gasteiger partial charge in [0.1, 0.15) is 0 Å². The summed E-state index contributed by atoms with van der Waals surface area (Å²) in [6, 6.07) is 14.3. The lowest BCUT2D eigenvalue weighted by Gasteiger charge is -2.22. The topological polar surface area (TPSA) is 32.3 Å². The highest BCUT2D eigenvalue weighted by atomic mass is 16.2. The van der Waals surface area contributed by atoms with Gasteiger partial charge in [-0.25, -0.2) is 4.79 Å². The number of carbonyl (C=O) groups is 1. The van der Waals surface area contributed by atoms with E-state index in [1.165, 1.54) is 18.2 Å². The van der Waals surface area contributed by atoms with Crippen LogP contribution in [0.25, 0.3) is 10.8 Å². The Kier molecular flexibility index (Phi) is 4.09. The van der Waals surface area contributed by atoms with Crippen molar-refractivity contribution in [3.8, 4) is 0 Å². The first-order valence-corrected chi connectivity index (χ1v) is 7.81. The third-order valence-corrected chi connectivity index (χ3v) is 3.96. The van der Waals surface area contributed by atoms with Crippen molar-refractivity contribution in [3.05, 3.63) is 42.5 Å². The lowest BCUT2D eigenvalue weighted by molar-refractivity contribution is 0.209. The Labute approximate surface area is 125 Å². The summed E-state index contributed by atoms with van der Waals surface area (Å²) in [4.78, 5) is 14.4. The minimum atomic E-state index is 0.0269. The second kappa shape index (κ2) is 6.17. The average Bonchev–Trinajstić information content (AvgIpc) is 3.31. The summed E-state index contributed by atoms with van der Waals surface area (Å²) in [5.41, 5.74) is 0.871. The van der Waals surface area contributed by atoms with E-state index in [-0.39, 0.29) is 6.03 Å². The van der Waals surface area contributed by atoms with Gasteiger partial charge in [-0.2, -0.15) is 0 Å². The predicted molar refractivity (Wildman–Crippen MR) is 87.6 cm³/mol. The first-order chi connectivity index (χ1) is 10.3. The normalized spacial score (nSPS) is 14.1. The molecule has 3 heteroatoms. The van der Waals surface area contributed by atoms with Crippen molar-refractivity contribution < 1.29 is 4.79 Å². The van der Waals surface area contributed by atoms with Crippen molar-refractivity contribution in [3.63, 3.8) is 0 Å². The number of hydrogen-bond acceptors (Lipinski definition) is 1. The summed E-state index contributed by atoms with van der Waals surface area (Å²) in [6.07, 6.45) is 3.53. The Bertz CT molecular complexity index is 634. The summed E-state index contributed by atoms with van der Waals surface area (Å²) < 4.78 is 0. The molecule has 0 spiro atoms. The maximum atomic E-state index is 12.4. The molecule has 3 nitrogen and oxygen atoms in total. The lowest BCUT2D eigenvalue weighted by Crippen LogP contribution is -2.37. The average molecular weight is 282 g/mol. The van der Waals surface area contributed by atoms with Gasteiger partial charge >= 0.3 is 6.03 Å². The van der Waals surface area contributed by atoms with Crippen LogP contribution in [0.4, 0.5) is 10.5 Å². The van der Waals surface area contributed by atoms with Crippen LogP contribution >= 0.6 is 0 Å². The number of nitrogens with zero attached hydrogens (tertiary/aromatic N) is 1. The zero-order valence-corrected chi connectivity index (χ0v) is 12.5. The maximum Gasteiger partial charge on any atom is 0.321 e. The smallest absolute Gasteiger partial charge is 0.321 e. The van der Waals surface area contributed by atoms with Crippen molar-refractivity contribution in [2.24, 2.45) is 5.92 Å². The Morgan fingerprint density at radius 2 is 1.95 bits per heavy atom. The molecule has 0 radical (unpaired) electrons. The van der Waals surface area contributed by atoms with Crippen molar-refractivity contribution in [2.45, 2.75) is 26.2 Å².